The first-order valence-electron chi connectivity index (χ1n) is 8.79. The van der Waals surface area contributed by atoms with Gasteiger partial charge in [0.05, 0.1) is 12.3 Å². The Morgan fingerprint density at radius 1 is 1.28 bits per heavy atom. The summed E-state index contributed by atoms with van der Waals surface area (Å²) in [6.45, 7) is 5.51. The molecule has 0 saturated carbocycles. The maximum absolute atomic E-state index is 5.95. The van der Waals surface area contributed by atoms with E-state index in [2.05, 4.69) is 46.5 Å². The van der Waals surface area contributed by atoms with E-state index in [0.717, 1.165) is 43.1 Å². The van der Waals surface area contributed by atoms with Gasteiger partial charge in [0, 0.05) is 44.1 Å². The van der Waals surface area contributed by atoms with Crippen LogP contribution in [0.15, 0.2) is 30.5 Å². The first-order chi connectivity index (χ1) is 12.2. The zero-order valence-electron chi connectivity index (χ0n) is 15.7. The summed E-state index contributed by atoms with van der Waals surface area (Å²) in [4.78, 5) is 2.28. The Kier molecular flexibility index (Phi) is 7.91. The second kappa shape index (κ2) is 10.2. The predicted molar refractivity (Wildman–Crippen MR) is 101 cm³/mol. The van der Waals surface area contributed by atoms with E-state index in [-0.39, 0.29) is 6.10 Å². The highest BCUT2D eigenvalue weighted by Gasteiger charge is 2.12. The van der Waals surface area contributed by atoms with Crippen LogP contribution in [0.5, 0.6) is 5.75 Å². The summed E-state index contributed by atoms with van der Waals surface area (Å²) in [7, 11) is 5.78. The van der Waals surface area contributed by atoms with Crippen LogP contribution in [0, 0.1) is 0 Å². The van der Waals surface area contributed by atoms with Crippen LogP contribution in [-0.2, 0) is 11.3 Å². The lowest BCUT2D eigenvalue weighted by Crippen LogP contribution is -2.26. The van der Waals surface area contributed by atoms with Crippen molar-refractivity contribution in [3.05, 3.63) is 36.0 Å². The molecule has 1 aromatic heterocycles. The molecule has 0 aliphatic rings. The molecule has 6 nitrogen and oxygen atoms in total. The van der Waals surface area contributed by atoms with E-state index in [1.165, 1.54) is 5.56 Å². The van der Waals surface area contributed by atoms with Crippen LogP contribution < -0.4 is 10.1 Å². The van der Waals surface area contributed by atoms with Gasteiger partial charge >= 0.3 is 0 Å². The minimum Gasteiger partial charge on any atom is -0.488 e. The molecule has 1 atom stereocenters. The SMILES string of the molecule is CCC(COC)Oc1ccc(-c2n[nH]cc2CN(C)CCNC)cc1. The molecule has 0 saturated heterocycles. The number of hydrogen-bond donors (Lipinski definition) is 2. The Labute approximate surface area is 150 Å². The Hall–Kier alpha value is -1.89. The summed E-state index contributed by atoms with van der Waals surface area (Å²) in [5, 5.41) is 10.6. The number of likely N-dealkylation sites (N-methyl/N-ethyl adjacent to an activating group) is 2. The van der Waals surface area contributed by atoms with Crippen molar-refractivity contribution in [2.24, 2.45) is 0 Å². The van der Waals surface area contributed by atoms with Gasteiger partial charge in [-0.1, -0.05) is 6.92 Å². The molecule has 6 heteroatoms. The van der Waals surface area contributed by atoms with Crippen molar-refractivity contribution in [1.29, 1.82) is 0 Å². The van der Waals surface area contributed by atoms with Gasteiger partial charge in [-0.3, -0.25) is 5.10 Å². The molecule has 0 amide bonds. The minimum atomic E-state index is 0.0811. The van der Waals surface area contributed by atoms with Gasteiger partial charge in [0.2, 0.25) is 0 Å². The van der Waals surface area contributed by atoms with Crippen LogP contribution in [0.25, 0.3) is 11.3 Å². The molecule has 1 aromatic carbocycles. The Balaban J connectivity index is 2.04. The second-order valence-electron chi connectivity index (χ2n) is 6.23. The van der Waals surface area contributed by atoms with E-state index in [0.29, 0.717) is 6.61 Å². The van der Waals surface area contributed by atoms with Gasteiger partial charge in [-0.05, 0) is 44.8 Å². The quantitative estimate of drug-likeness (QED) is 0.655. The number of hydrogen-bond acceptors (Lipinski definition) is 5. The van der Waals surface area contributed by atoms with Gasteiger partial charge in [-0.2, -0.15) is 5.10 Å². The molecule has 138 valence electrons. The molecule has 0 fully saturated rings. The van der Waals surface area contributed by atoms with Crippen molar-refractivity contribution in [1.82, 2.24) is 20.4 Å². The van der Waals surface area contributed by atoms with Gasteiger partial charge in [0.25, 0.3) is 0 Å². The molecule has 0 bridgehead atoms. The molecule has 25 heavy (non-hydrogen) atoms. The topological polar surface area (TPSA) is 62.4 Å². The molecule has 2 rings (SSSR count). The monoisotopic (exact) mass is 346 g/mol. The largest absolute Gasteiger partial charge is 0.488 e. The average Bonchev–Trinajstić information content (AvgIpc) is 3.08. The van der Waals surface area contributed by atoms with Crippen LogP contribution in [-0.4, -0.2) is 62.1 Å². The van der Waals surface area contributed by atoms with Gasteiger partial charge in [-0.15, -0.1) is 0 Å². The zero-order valence-corrected chi connectivity index (χ0v) is 15.7. The van der Waals surface area contributed by atoms with E-state index in [1.807, 2.05) is 25.4 Å². The highest BCUT2D eigenvalue weighted by molar-refractivity contribution is 5.63. The van der Waals surface area contributed by atoms with Crippen molar-refractivity contribution in [3.8, 4) is 17.0 Å². The Morgan fingerprint density at radius 3 is 2.68 bits per heavy atom. The number of rotatable bonds is 11. The molecule has 2 N–H and O–H groups in total. The fourth-order valence-corrected chi connectivity index (χ4v) is 2.66. The lowest BCUT2D eigenvalue weighted by molar-refractivity contribution is 0.0788. The van der Waals surface area contributed by atoms with Crippen LogP contribution in [0.1, 0.15) is 18.9 Å². The third-order valence-corrected chi connectivity index (χ3v) is 4.14. The summed E-state index contributed by atoms with van der Waals surface area (Å²) in [6, 6.07) is 8.11. The number of aromatic amines is 1. The predicted octanol–water partition coefficient (Wildman–Crippen LogP) is 2.53. The lowest BCUT2D eigenvalue weighted by Gasteiger charge is -2.17. The first kappa shape index (κ1) is 19.4. The minimum absolute atomic E-state index is 0.0811. The first-order valence-corrected chi connectivity index (χ1v) is 8.79. The maximum Gasteiger partial charge on any atom is 0.122 e. The molecule has 1 heterocycles. The van der Waals surface area contributed by atoms with Crippen LogP contribution in [0.4, 0.5) is 0 Å². The van der Waals surface area contributed by atoms with E-state index in [9.17, 15) is 0 Å². The number of benzene rings is 1. The number of nitrogens with one attached hydrogen (secondary N) is 2. The number of methoxy groups -OCH3 is 1. The summed E-state index contributed by atoms with van der Waals surface area (Å²) >= 11 is 0. The fraction of sp³-hybridized carbons (Fsp3) is 0.526. The second-order valence-corrected chi connectivity index (χ2v) is 6.23. The standard InChI is InChI=1S/C19H30N4O2/c1-5-17(14-24-4)25-18-8-6-15(7-9-18)19-16(12-21-22-19)13-23(3)11-10-20-2/h6-9,12,17,20H,5,10-11,13-14H2,1-4H3,(H,21,22). The van der Waals surface area contributed by atoms with Crippen molar-refractivity contribution >= 4 is 0 Å². The maximum atomic E-state index is 5.95. The van der Waals surface area contributed by atoms with Crippen molar-refractivity contribution in [2.75, 3.05) is 40.9 Å². The molecule has 1 unspecified atom stereocenters. The number of H-pyrrole nitrogens is 1. The van der Waals surface area contributed by atoms with Crippen LogP contribution >= 0.6 is 0 Å². The third-order valence-electron chi connectivity index (χ3n) is 4.14. The summed E-state index contributed by atoms with van der Waals surface area (Å²) in [5.74, 6) is 0.857. The molecular formula is C19H30N4O2. The van der Waals surface area contributed by atoms with E-state index in [4.69, 9.17) is 9.47 Å². The van der Waals surface area contributed by atoms with E-state index in [1.54, 1.807) is 7.11 Å². The molecular weight excluding hydrogens is 316 g/mol. The third kappa shape index (κ3) is 5.85. The Morgan fingerprint density at radius 2 is 2.04 bits per heavy atom. The molecule has 0 aliphatic heterocycles. The average molecular weight is 346 g/mol. The summed E-state index contributed by atoms with van der Waals surface area (Å²) in [6.07, 6.45) is 2.97. The zero-order chi connectivity index (χ0) is 18.1. The highest BCUT2D eigenvalue weighted by Crippen LogP contribution is 2.25. The van der Waals surface area contributed by atoms with Gasteiger partial charge in [-0.25, -0.2) is 0 Å². The Bertz CT molecular complexity index is 612. The summed E-state index contributed by atoms with van der Waals surface area (Å²) in [5.41, 5.74) is 3.27. The number of ether oxygens (including phenoxy) is 2. The number of nitrogens with zero attached hydrogens (tertiary/aromatic N) is 2. The molecule has 0 aliphatic carbocycles. The van der Waals surface area contributed by atoms with Crippen molar-refractivity contribution < 1.29 is 9.47 Å². The summed E-state index contributed by atoms with van der Waals surface area (Å²) < 4.78 is 11.1. The fourth-order valence-electron chi connectivity index (χ4n) is 2.66. The highest BCUT2D eigenvalue weighted by atomic mass is 16.5. The molecule has 0 spiro atoms. The smallest absolute Gasteiger partial charge is 0.122 e. The van der Waals surface area contributed by atoms with Crippen molar-refractivity contribution in [3.63, 3.8) is 0 Å². The van der Waals surface area contributed by atoms with Gasteiger partial charge < -0.3 is 19.7 Å². The lowest BCUT2D eigenvalue weighted by atomic mass is 10.1. The molecule has 0 radical (unpaired) electrons. The van der Waals surface area contributed by atoms with Crippen molar-refractivity contribution in [2.45, 2.75) is 26.0 Å². The number of aromatic nitrogens is 2. The van der Waals surface area contributed by atoms with Crippen LogP contribution in [0.3, 0.4) is 0 Å². The normalized spacial score (nSPS) is 12.5. The molecule has 2 aromatic rings. The van der Waals surface area contributed by atoms with Crippen LogP contribution in [0.2, 0.25) is 0 Å². The van der Waals surface area contributed by atoms with E-state index < -0.39 is 0 Å². The van der Waals surface area contributed by atoms with E-state index >= 15 is 0 Å². The van der Waals surface area contributed by atoms with Gasteiger partial charge in [0.15, 0.2) is 0 Å². The van der Waals surface area contributed by atoms with Gasteiger partial charge in [0.1, 0.15) is 11.9 Å².